The summed E-state index contributed by atoms with van der Waals surface area (Å²) in [6, 6.07) is 14.9. The first-order valence-electron chi connectivity index (χ1n) is 10.9. The van der Waals surface area contributed by atoms with Crippen LogP contribution in [0.5, 0.6) is 5.75 Å². The van der Waals surface area contributed by atoms with Crippen LogP contribution in [0.1, 0.15) is 36.5 Å². The summed E-state index contributed by atoms with van der Waals surface area (Å²) in [4.78, 5) is 14.3. The fourth-order valence-electron chi connectivity index (χ4n) is 4.62. The Morgan fingerprint density at radius 3 is 2.59 bits per heavy atom. The van der Waals surface area contributed by atoms with Crippen LogP contribution in [0.15, 0.2) is 60.9 Å². The van der Waals surface area contributed by atoms with Crippen molar-refractivity contribution in [3.63, 3.8) is 0 Å². The quantitative estimate of drug-likeness (QED) is 0.614. The summed E-state index contributed by atoms with van der Waals surface area (Å²) in [5, 5.41) is 7.35. The molecule has 0 saturated carbocycles. The zero-order chi connectivity index (χ0) is 22.6. The molecule has 0 unspecified atom stereocenters. The van der Waals surface area contributed by atoms with E-state index in [0.29, 0.717) is 24.9 Å². The second-order valence-corrected chi connectivity index (χ2v) is 8.37. The van der Waals surface area contributed by atoms with E-state index in [0.717, 1.165) is 30.9 Å². The molecule has 0 atom stereocenters. The Kier molecular flexibility index (Phi) is 6.55. The Balaban J connectivity index is 1.48. The smallest absolute Gasteiger partial charge is 0.217 e. The normalized spacial score (nSPS) is 16.0. The lowest BCUT2D eigenvalue weighted by Crippen LogP contribution is -2.52. The number of halogens is 1. The topological polar surface area (TPSA) is 59.4 Å². The molecule has 32 heavy (non-hydrogen) atoms. The highest BCUT2D eigenvalue weighted by Gasteiger charge is 2.38. The summed E-state index contributed by atoms with van der Waals surface area (Å²) in [6.45, 7) is 4.43. The molecule has 168 valence electrons. The molecule has 7 heteroatoms. The second kappa shape index (κ2) is 9.53. The summed E-state index contributed by atoms with van der Waals surface area (Å²) >= 11 is 0. The summed E-state index contributed by atoms with van der Waals surface area (Å²) in [5.41, 5.74) is 2.16. The molecule has 0 bridgehead atoms. The minimum atomic E-state index is -0.668. The first-order valence-corrected chi connectivity index (χ1v) is 10.9. The second-order valence-electron chi connectivity index (χ2n) is 8.37. The lowest BCUT2D eigenvalue weighted by Gasteiger charge is -2.42. The summed E-state index contributed by atoms with van der Waals surface area (Å²) in [5.74, 6) is 0.431. The maximum atomic E-state index is 14.6. The molecule has 1 aliphatic rings. The Labute approximate surface area is 188 Å². The van der Waals surface area contributed by atoms with Crippen LogP contribution in [0.2, 0.25) is 0 Å². The molecule has 4 rings (SSSR count). The number of amides is 1. The lowest BCUT2D eigenvalue weighted by atomic mass is 9.80. The minimum Gasteiger partial charge on any atom is -0.496 e. The van der Waals surface area contributed by atoms with Gasteiger partial charge in [-0.2, -0.15) is 5.10 Å². The van der Waals surface area contributed by atoms with E-state index in [1.54, 1.807) is 25.4 Å². The highest BCUT2D eigenvalue weighted by atomic mass is 19.1. The Hall–Kier alpha value is -3.19. The number of aromatic nitrogens is 2. The molecule has 6 nitrogen and oxygen atoms in total. The van der Waals surface area contributed by atoms with E-state index in [-0.39, 0.29) is 11.7 Å². The van der Waals surface area contributed by atoms with Crippen LogP contribution in [0.3, 0.4) is 0 Å². The molecule has 1 saturated heterocycles. The molecule has 1 fully saturated rings. The first-order chi connectivity index (χ1) is 15.5. The van der Waals surface area contributed by atoms with Gasteiger partial charge in [0, 0.05) is 50.1 Å². The third kappa shape index (κ3) is 4.83. The monoisotopic (exact) mass is 436 g/mol. The molecular formula is C25H29FN4O2. The van der Waals surface area contributed by atoms with Crippen LogP contribution in [0.25, 0.3) is 0 Å². The van der Waals surface area contributed by atoms with Crippen LogP contribution in [-0.2, 0) is 23.4 Å². The van der Waals surface area contributed by atoms with Crippen LogP contribution < -0.4 is 10.1 Å². The van der Waals surface area contributed by atoms with Gasteiger partial charge in [0.15, 0.2) is 0 Å². The van der Waals surface area contributed by atoms with Crippen molar-refractivity contribution in [1.82, 2.24) is 20.0 Å². The van der Waals surface area contributed by atoms with Crippen LogP contribution in [0, 0.1) is 5.82 Å². The average Bonchev–Trinajstić information content (AvgIpc) is 3.28. The van der Waals surface area contributed by atoms with Gasteiger partial charge in [0.05, 0.1) is 19.2 Å². The summed E-state index contributed by atoms with van der Waals surface area (Å²) in [7, 11) is 1.68. The standard InChI is InChI=1S/C25H29FN4O2/c1-19(31)28-25(22-6-3-4-7-23(22)26)10-14-29(15-11-25)17-20-8-9-24(32-2)21(16-20)18-30-13-5-12-27-30/h3-9,12-13,16H,10-11,14-15,17-18H2,1-2H3,(H,28,31). The molecule has 0 spiro atoms. The van der Waals surface area contributed by atoms with E-state index in [1.807, 2.05) is 29.1 Å². The highest BCUT2D eigenvalue weighted by molar-refractivity contribution is 5.74. The van der Waals surface area contributed by atoms with Crippen molar-refractivity contribution < 1.29 is 13.9 Å². The van der Waals surface area contributed by atoms with Gasteiger partial charge in [-0.1, -0.05) is 24.3 Å². The van der Waals surface area contributed by atoms with Crippen LogP contribution >= 0.6 is 0 Å². The number of nitrogens with one attached hydrogen (secondary N) is 1. The minimum absolute atomic E-state index is 0.139. The predicted molar refractivity (Wildman–Crippen MR) is 121 cm³/mol. The summed E-state index contributed by atoms with van der Waals surface area (Å²) < 4.78 is 22.0. The lowest BCUT2D eigenvalue weighted by molar-refractivity contribution is -0.121. The molecule has 2 heterocycles. The first kappa shape index (κ1) is 22.0. The van der Waals surface area contributed by atoms with E-state index in [1.165, 1.54) is 18.6 Å². The number of benzene rings is 2. The van der Waals surface area contributed by atoms with Crippen LogP contribution in [0.4, 0.5) is 4.39 Å². The summed E-state index contributed by atoms with van der Waals surface area (Å²) in [6.07, 6.45) is 5.01. The van der Waals surface area contributed by atoms with E-state index < -0.39 is 5.54 Å². The number of piperidine rings is 1. The van der Waals surface area contributed by atoms with Crippen molar-refractivity contribution in [3.8, 4) is 5.75 Å². The number of ether oxygens (including phenoxy) is 1. The van der Waals surface area contributed by atoms with E-state index in [9.17, 15) is 9.18 Å². The number of hydrogen-bond acceptors (Lipinski definition) is 4. The van der Waals surface area contributed by atoms with E-state index in [4.69, 9.17) is 4.74 Å². The van der Waals surface area contributed by atoms with E-state index >= 15 is 0 Å². The SMILES string of the molecule is COc1ccc(CN2CCC(NC(C)=O)(c3ccccc3F)CC2)cc1Cn1cccn1. The molecule has 1 amide bonds. The number of carbonyl (C=O) groups is 1. The fourth-order valence-corrected chi connectivity index (χ4v) is 4.62. The largest absolute Gasteiger partial charge is 0.496 e. The van der Waals surface area contributed by atoms with Gasteiger partial charge in [0.25, 0.3) is 0 Å². The van der Waals surface area contributed by atoms with Crippen molar-refractivity contribution in [2.45, 2.75) is 38.4 Å². The molecule has 0 aliphatic carbocycles. The van der Waals surface area contributed by atoms with Gasteiger partial charge in [-0.05, 0) is 42.7 Å². The van der Waals surface area contributed by atoms with Gasteiger partial charge >= 0.3 is 0 Å². The fraction of sp³-hybridized carbons (Fsp3) is 0.360. The van der Waals surface area contributed by atoms with Gasteiger partial charge in [0.1, 0.15) is 11.6 Å². The number of carbonyl (C=O) groups excluding carboxylic acids is 1. The van der Waals surface area contributed by atoms with Crippen LogP contribution in [-0.4, -0.2) is 40.8 Å². The van der Waals surface area contributed by atoms with Gasteiger partial charge < -0.3 is 10.1 Å². The van der Waals surface area contributed by atoms with Gasteiger partial charge in [-0.3, -0.25) is 14.4 Å². The van der Waals surface area contributed by atoms with Gasteiger partial charge in [-0.25, -0.2) is 4.39 Å². The molecule has 0 radical (unpaired) electrons. The Morgan fingerprint density at radius 1 is 1.16 bits per heavy atom. The molecule has 2 aromatic carbocycles. The van der Waals surface area contributed by atoms with Crippen molar-refractivity contribution in [1.29, 1.82) is 0 Å². The van der Waals surface area contributed by atoms with Crippen molar-refractivity contribution in [2.75, 3.05) is 20.2 Å². The molecule has 1 aromatic heterocycles. The molecular weight excluding hydrogens is 407 g/mol. The van der Waals surface area contributed by atoms with Crippen molar-refractivity contribution >= 4 is 5.91 Å². The highest BCUT2D eigenvalue weighted by Crippen LogP contribution is 2.35. The van der Waals surface area contributed by atoms with Crippen molar-refractivity contribution in [2.24, 2.45) is 0 Å². The van der Waals surface area contributed by atoms with Gasteiger partial charge in [-0.15, -0.1) is 0 Å². The maximum absolute atomic E-state index is 14.6. The van der Waals surface area contributed by atoms with Gasteiger partial charge in [0.2, 0.25) is 5.91 Å². The number of methoxy groups -OCH3 is 1. The molecule has 1 N–H and O–H groups in total. The third-order valence-corrected chi connectivity index (χ3v) is 6.16. The predicted octanol–water partition coefficient (Wildman–Crippen LogP) is 3.71. The number of likely N-dealkylation sites (tertiary alicyclic amines) is 1. The molecule has 1 aliphatic heterocycles. The number of rotatable bonds is 7. The number of hydrogen-bond donors (Lipinski definition) is 1. The zero-order valence-electron chi connectivity index (χ0n) is 18.6. The number of nitrogens with zero attached hydrogens (tertiary/aromatic N) is 3. The molecule has 3 aromatic rings. The maximum Gasteiger partial charge on any atom is 0.217 e. The Bertz CT molecular complexity index is 1060. The Morgan fingerprint density at radius 2 is 1.94 bits per heavy atom. The zero-order valence-corrected chi connectivity index (χ0v) is 18.6. The van der Waals surface area contributed by atoms with E-state index in [2.05, 4.69) is 27.4 Å². The third-order valence-electron chi connectivity index (χ3n) is 6.16. The van der Waals surface area contributed by atoms with Crippen molar-refractivity contribution in [3.05, 3.63) is 83.4 Å². The average molecular weight is 437 g/mol.